The van der Waals surface area contributed by atoms with Crippen LogP contribution in [0, 0.1) is 5.92 Å². The summed E-state index contributed by atoms with van der Waals surface area (Å²) in [6, 6.07) is 16.5. The van der Waals surface area contributed by atoms with E-state index in [-0.39, 0.29) is 17.7 Å². The van der Waals surface area contributed by atoms with Crippen LogP contribution in [0.25, 0.3) is 0 Å². The van der Waals surface area contributed by atoms with Gasteiger partial charge in [-0.3, -0.25) is 14.4 Å². The average molecular weight is 394 g/mol. The third-order valence-corrected chi connectivity index (χ3v) is 5.37. The normalized spacial score (nSPS) is 17.4. The standard InChI is InChI=1S/C23H26N2O4/c1-16(23(28)29)18-9-5-11-20(14-18)24-22(27)19-10-6-12-25(15-19)21(26)13-17-7-3-2-4-8-17/h2-5,7-9,11,14,16,19H,6,10,12-13,15H2,1H3,(H,24,27)(H,28,29). The van der Waals surface area contributed by atoms with E-state index in [9.17, 15) is 19.5 Å². The van der Waals surface area contributed by atoms with Crippen LogP contribution in [0.15, 0.2) is 54.6 Å². The van der Waals surface area contributed by atoms with Crippen molar-refractivity contribution in [3.63, 3.8) is 0 Å². The average Bonchev–Trinajstić information content (AvgIpc) is 2.74. The van der Waals surface area contributed by atoms with E-state index in [4.69, 9.17) is 0 Å². The van der Waals surface area contributed by atoms with Crippen LogP contribution in [0.2, 0.25) is 0 Å². The zero-order valence-electron chi connectivity index (χ0n) is 16.5. The number of carboxylic acid groups (broad SMARTS) is 1. The summed E-state index contributed by atoms with van der Waals surface area (Å²) in [5, 5.41) is 12.1. The van der Waals surface area contributed by atoms with Gasteiger partial charge in [0.15, 0.2) is 0 Å². The molecule has 2 unspecified atom stereocenters. The first-order valence-corrected chi connectivity index (χ1v) is 9.89. The zero-order chi connectivity index (χ0) is 20.8. The van der Waals surface area contributed by atoms with Crippen molar-refractivity contribution in [1.82, 2.24) is 4.90 Å². The molecule has 29 heavy (non-hydrogen) atoms. The molecule has 1 aliphatic rings. The van der Waals surface area contributed by atoms with E-state index in [1.807, 2.05) is 30.3 Å². The van der Waals surface area contributed by atoms with E-state index in [2.05, 4.69) is 5.32 Å². The van der Waals surface area contributed by atoms with Gasteiger partial charge in [-0.05, 0) is 43.0 Å². The van der Waals surface area contributed by atoms with Crippen molar-refractivity contribution in [1.29, 1.82) is 0 Å². The zero-order valence-corrected chi connectivity index (χ0v) is 16.5. The number of anilines is 1. The highest BCUT2D eigenvalue weighted by molar-refractivity contribution is 5.93. The van der Waals surface area contributed by atoms with Crippen LogP contribution in [-0.4, -0.2) is 40.9 Å². The van der Waals surface area contributed by atoms with Crippen LogP contribution in [-0.2, 0) is 20.8 Å². The Morgan fingerprint density at radius 2 is 1.90 bits per heavy atom. The predicted octanol–water partition coefficient (Wildman–Crippen LogP) is 3.29. The molecule has 1 fully saturated rings. The molecule has 3 rings (SSSR count). The smallest absolute Gasteiger partial charge is 0.310 e. The number of hydrogen-bond acceptors (Lipinski definition) is 3. The molecule has 0 saturated carbocycles. The minimum Gasteiger partial charge on any atom is -0.481 e. The molecule has 2 N–H and O–H groups in total. The lowest BCUT2D eigenvalue weighted by molar-refractivity contribution is -0.138. The molecule has 1 heterocycles. The SMILES string of the molecule is CC(C(=O)O)c1cccc(NC(=O)C2CCCN(C(=O)Cc3ccccc3)C2)c1. The van der Waals surface area contributed by atoms with Crippen LogP contribution in [0.4, 0.5) is 5.69 Å². The first kappa shape index (κ1) is 20.6. The molecule has 1 saturated heterocycles. The minimum absolute atomic E-state index is 0.0333. The van der Waals surface area contributed by atoms with E-state index in [0.29, 0.717) is 30.8 Å². The lowest BCUT2D eigenvalue weighted by Gasteiger charge is -2.32. The Balaban J connectivity index is 1.60. The van der Waals surface area contributed by atoms with Gasteiger partial charge in [0.1, 0.15) is 0 Å². The molecule has 0 aromatic heterocycles. The molecule has 2 aromatic rings. The molecule has 0 bridgehead atoms. The molecule has 0 radical (unpaired) electrons. The van der Waals surface area contributed by atoms with Gasteiger partial charge < -0.3 is 15.3 Å². The Morgan fingerprint density at radius 3 is 2.62 bits per heavy atom. The van der Waals surface area contributed by atoms with Gasteiger partial charge >= 0.3 is 5.97 Å². The number of amides is 2. The van der Waals surface area contributed by atoms with Gasteiger partial charge in [-0.1, -0.05) is 42.5 Å². The molecule has 1 aliphatic heterocycles. The van der Waals surface area contributed by atoms with Crippen LogP contribution in [0.5, 0.6) is 0 Å². The molecule has 152 valence electrons. The minimum atomic E-state index is -0.909. The molecule has 2 aromatic carbocycles. The lowest BCUT2D eigenvalue weighted by Crippen LogP contribution is -2.44. The van der Waals surface area contributed by atoms with Crippen LogP contribution >= 0.6 is 0 Å². The summed E-state index contributed by atoms with van der Waals surface area (Å²) in [6.45, 7) is 2.68. The number of carbonyl (C=O) groups is 3. The summed E-state index contributed by atoms with van der Waals surface area (Å²) in [7, 11) is 0. The van der Waals surface area contributed by atoms with Crippen molar-refractivity contribution in [2.45, 2.75) is 32.1 Å². The van der Waals surface area contributed by atoms with Crippen molar-refractivity contribution in [2.24, 2.45) is 5.92 Å². The fourth-order valence-electron chi connectivity index (χ4n) is 3.57. The third-order valence-electron chi connectivity index (χ3n) is 5.37. The first-order chi connectivity index (χ1) is 13.9. The summed E-state index contributed by atoms with van der Waals surface area (Å²) >= 11 is 0. The number of aliphatic carboxylic acids is 1. The number of rotatable bonds is 6. The number of benzene rings is 2. The molecule has 6 heteroatoms. The topological polar surface area (TPSA) is 86.7 Å². The van der Waals surface area contributed by atoms with Crippen LogP contribution < -0.4 is 5.32 Å². The lowest BCUT2D eigenvalue weighted by atomic mass is 9.96. The predicted molar refractivity (Wildman–Crippen MR) is 111 cm³/mol. The molecular weight excluding hydrogens is 368 g/mol. The molecule has 2 atom stereocenters. The highest BCUT2D eigenvalue weighted by atomic mass is 16.4. The monoisotopic (exact) mass is 394 g/mol. The second-order valence-corrected chi connectivity index (χ2v) is 7.52. The number of nitrogens with zero attached hydrogens (tertiary/aromatic N) is 1. The van der Waals surface area contributed by atoms with Gasteiger partial charge in [0, 0.05) is 18.8 Å². The molecular formula is C23H26N2O4. The number of hydrogen-bond donors (Lipinski definition) is 2. The number of carbonyl (C=O) groups excluding carboxylic acids is 2. The van der Waals surface area contributed by atoms with Gasteiger partial charge in [-0.2, -0.15) is 0 Å². The maximum atomic E-state index is 12.7. The highest BCUT2D eigenvalue weighted by Gasteiger charge is 2.28. The second kappa shape index (κ2) is 9.37. The van der Waals surface area contributed by atoms with Crippen molar-refractivity contribution >= 4 is 23.5 Å². The van der Waals surface area contributed by atoms with Gasteiger partial charge in [0.05, 0.1) is 18.3 Å². The molecule has 0 aliphatic carbocycles. The maximum absolute atomic E-state index is 12.7. The van der Waals surface area contributed by atoms with Crippen molar-refractivity contribution in [2.75, 3.05) is 18.4 Å². The Labute approximate surface area is 170 Å². The van der Waals surface area contributed by atoms with Crippen LogP contribution in [0.1, 0.15) is 36.8 Å². The van der Waals surface area contributed by atoms with Crippen molar-refractivity contribution < 1.29 is 19.5 Å². The number of nitrogens with one attached hydrogen (secondary N) is 1. The van der Waals surface area contributed by atoms with E-state index < -0.39 is 11.9 Å². The Kier molecular flexibility index (Phi) is 6.65. The van der Waals surface area contributed by atoms with E-state index in [0.717, 1.165) is 18.4 Å². The number of carboxylic acids is 1. The summed E-state index contributed by atoms with van der Waals surface area (Å²) < 4.78 is 0. The first-order valence-electron chi connectivity index (χ1n) is 9.89. The van der Waals surface area contributed by atoms with Gasteiger partial charge in [-0.15, -0.1) is 0 Å². The Morgan fingerprint density at radius 1 is 1.14 bits per heavy atom. The summed E-state index contributed by atoms with van der Waals surface area (Å²) in [6.07, 6.45) is 1.85. The quantitative estimate of drug-likeness (QED) is 0.787. The second-order valence-electron chi connectivity index (χ2n) is 7.52. The fraction of sp³-hybridized carbons (Fsp3) is 0.348. The summed E-state index contributed by atoms with van der Waals surface area (Å²) in [4.78, 5) is 38.3. The highest BCUT2D eigenvalue weighted by Crippen LogP contribution is 2.22. The number of piperidine rings is 1. The summed E-state index contributed by atoms with van der Waals surface area (Å²) in [5.41, 5.74) is 2.18. The van der Waals surface area contributed by atoms with Crippen molar-refractivity contribution in [3.8, 4) is 0 Å². The van der Waals surface area contributed by atoms with Gasteiger partial charge in [-0.25, -0.2) is 0 Å². The largest absolute Gasteiger partial charge is 0.481 e. The number of likely N-dealkylation sites (tertiary alicyclic amines) is 1. The van der Waals surface area contributed by atoms with E-state index >= 15 is 0 Å². The Hall–Kier alpha value is -3.15. The third kappa shape index (κ3) is 5.44. The van der Waals surface area contributed by atoms with Crippen LogP contribution in [0.3, 0.4) is 0 Å². The van der Waals surface area contributed by atoms with Crippen molar-refractivity contribution in [3.05, 3.63) is 65.7 Å². The fourth-order valence-corrected chi connectivity index (χ4v) is 3.57. The van der Waals surface area contributed by atoms with E-state index in [1.165, 1.54) is 0 Å². The van der Waals surface area contributed by atoms with Gasteiger partial charge in [0.2, 0.25) is 11.8 Å². The maximum Gasteiger partial charge on any atom is 0.310 e. The molecule has 0 spiro atoms. The molecule has 6 nitrogen and oxygen atoms in total. The molecule has 2 amide bonds. The van der Waals surface area contributed by atoms with Gasteiger partial charge in [0.25, 0.3) is 0 Å². The summed E-state index contributed by atoms with van der Waals surface area (Å²) in [5.74, 6) is -1.93. The Bertz CT molecular complexity index is 881. The van der Waals surface area contributed by atoms with E-state index in [1.54, 1.807) is 36.1 Å².